The van der Waals surface area contributed by atoms with Crippen molar-refractivity contribution in [2.45, 2.75) is 25.0 Å². The van der Waals surface area contributed by atoms with Gasteiger partial charge in [-0.3, -0.25) is 0 Å². The van der Waals surface area contributed by atoms with E-state index in [1.54, 1.807) is 0 Å². The molecule has 2 atom stereocenters. The van der Waals surface area contributed by atoms with Crippen LogP contribution in [-0.2, 0) is 9.47 Å². The Morgan fingerprint density at radius 3 is 1.50 bits per heavy atom. The Hall–Kier alpha value is 0.800. The molecule has 0 aliphatic carbocycles. The molecular weight excluding hydrogens is 344 g/mol. The van der Waals surface area contributed by atoms with Gasteiger partial charge in [0.05, 0.1) is 13.2 Å². The van der Waals surface area contributed by atoms with Crippen LogP contribution in [0.25, 0.3) is 0 Å². The van der Waals surface area contributed by atoms with Gasteiger partial charge in [0.1, 0.15) is 12.2 Å². The van der Waals surface area contributed by atoms with E-state index in [0.717, 1.165) is 23.5 Å². The molecule has 2 unspecified atom stereocenters. The molecule has 0 aromatic rings. The molecule has 2 N–H and O–H groups in total. The van der Waals surface area contributed by atoms with Crippen LogP contribution in [0, 0.1) is 0 Å². The average molecular weight is 364 g/mol. The summed E-state index contributed by atoms with van der Waals surface area (Å²) in [6.07, 6.45) is 0.0355. The Labute approximate surface area is 114 Å². The molecule has 0 aliphatic rings. The average Bonchev–Trinajstić information content (AvgIpc) is 2.29. The van der Waals surface area contributed by atoms with Crippen molar-refractivity contribution in [1.29, 1.82) is 0 Å². The lowest BCUT2D eigenvalue weighted by Gasteiger charge is -2.17. The van der Waals surface area contributed by atoms with Crippen LogP contribution in [0.4, 0.5) is 0 Å². The van der Waals surface area contributed by atoms with Crippen LogP contribution >= 0.6 is 31.9 Å². The summed E-state index contributed by atoms with van der Waals surface area (Å²) in [5, 5.41) is 20.7. The van der Waals surface area contributed by atoms with E-state index in [0.29, 0.717) is 13.2 Å². The van der Waals surface area contributed by atoms with Gasteiger partial charge in [-0.05, 0) is 12.8 Å². The number of ether oxygens (including phenoxy) is 2. The summed E-state index contributed by atoms with van der Waals surface area (Å²) in [6.45, 7) is 1.46. The number of hydrogen-bond acceptors (Lipinski definition) is 4. The van der Waals surface area contributed by atoms with Crippen molar-refractivity contribution in [3.63, 3.8) is 0 Å². The molecule has 0 bridgehead atoms. The zero-order valence-corrected chi connectivity index (χ0v) is 12.5. The maximum absolute atomic E-state index is 9.50. The molecule has 0 aromatic heterocycles. The highest BCUT2D eigenvalue weighted by Crippen LogP contribution is 1.98. The van der Waals surface area contributed by atoms with Gasteiger partial charge in [0, 0.05) is 23.9 Å². The summed E-state index contributed by atoms with van der Waals surface area (Å²) in [5.74, 6) is 0. The summed E-state index contributed by atoms with van der Waals surface area (Å²) in [4.78, 5) is 0. The number of aliphatic hydroxyl groups is 2. The minimum absolute atomic E-state index is 0.149. The second kappa shape index (κ2) is 12.3. The predicted octanol–water partition coefficient (Wildman–Crippen LogP) is 1.31. The second-order valence-electron chi connectivity index (χ2n) is 3.37. The minimum atomic E-state index is -0.876. The van der Waals surface area contributed by atoms with Gasteiger partial charge in [-0.15, -0.1) is 0 Å². The van der Waals surface area contributed by atoms with E-state index in [4.69, 9.17) is 9.47 Å². The third-order valence-corrected chi connectivity index (χ3v) is 2.99. The van der Waals surface area contributed by atoms with Crippen molar-refractivity contribution in [2.75, 3.05) is 37.1 Å². The predicted molar refractivity (Wildman–Crippen MR) is 70.5 cm³/mol. The molecule has 16 heavy (non-hydrogen) atoms. The normalized spacial score (nSPS) is 15.0. The third kappa shape index (κ3) is 9.99. The molecule has 0 aliphatic heterocycles. The van der Waals surface area contributed by atoms with E-state index in [-0.39, 0.29) is 13.2 Å². The summed E-state index contributed by atoms with van der Waals surface area (Å²) in [5.41, 5.74) is 0. The molecule has 0 heterocycles. The molecular formula is C10H20Br2O4. The van der Waals surface area contributed by atoms with Crippen LogP contribution in [0.3, 0.4) is 0 Å². The first-order valence-corrected chi connectivity index (χ1v) is 7.60. The van der Waals surface area contributed by atoms with Gasteiger partial charge in [0.15, 0.2) is 0 Å². The lowest BCUT2D eigenvalue weighted by atomic mass is 10.2. The zero-order chi connectivity index (χ0) is 12.2. The number of halogens is 2. The first kappa shape index (κ1) is 16.8. The van der Waals surface area contributed by atoms with Crippen molar-refractivity contribution in [3.05, 3.63) is 0 Å². The maximum atomic E-state index is 9.50. The van der Waals surface area contributed by atoms with E-state index < -0.39 is 12.2 Å². The molecule has 0 saturated heterocycles. The van der Waals surface area contributed by atoms with Crippen LogP contribution in [0.1, 0.15) is 12.8 Å². The molecule has 0 amide bonds. The summed E-state index contributed by atoms with van der Waals surface area (Å²) in [6, 6.07) is 0. The molecule has 0 fully saturated rings. The van der Waals surface area contributed by atoms with Gasteiger partial charge in [0.25, 0.3) is 0 Å². The first-order chi connectivity index (χ1) is 7.72. The van der Waals surface area contributed by atoms with Crippen LogP contribution in [0.2, 0.25) is 0 Å². The van der Waals surface area contributed by atoms with Crippen molar-refractivity contribution in [1.82, 2.24) is 0 Å². The molecule has 0 radical (unpaired) electrons. The van der Waals surface area contributed by atoms with Crippen LogP contribution in [0.5, 0.6) is 0 Å². The lowest BCUT2D eigenvalue weighted by molar-refractivity contribution is -0.0701. The van der Waals surface area contributed by atoms with E-state index in [1.807, 2.05) is 0 Å². The molecule has 6 heteroatoms. The fourth-order valence-electron chi connectivity index (χ4n) is 0.944. The van der Waals surface area contributed by atoms with Gasteiger partial charge >= 0.3 is 0 Å². The van der Waals surface area contributed by atoms with Crippen LogP contribution in [0.15, 0.2) is 0 Å². The number of aliphatic hydroxyl groups excluding tert-OH is 2. The fourth-order valence-corrected chi connectivity index (χ4v) is 1.40. The highest BCUT2D eigenvalue weighted by atomic mass is 79.9. The molecule has 0 aromatic carbocycles. The van der Waals surface area contributed by atoms with E-state index in [9.17, 15) is 10.2 Å². The lowest BCUT2D eigenvalue weighted by Crippen LogP contribution is -2.34. The summed E-state index contributed by atoms with van der Waals surface area (Å²) in [7, 11) is 0. The number of rotatable bonds is 11. The van der Waals surface area contributed by atoms with Gasteiger partial charge in [-0.2, -0.15) is 0 Å². The standard InChI is InChI=1S/C10H20Br2O4/c11-3-1-5-15-7-9(13)10(14)8-16-6-2-4-12/h9-10,13-14H,1-8H2. The Morgan fingerprint density at radius 2 is 1.19 bits per heavy atom. The number of alkyl halides is 2. The van der Waals surface area contributed by atoms with Crippen molar-refractivity contribution >= 4 is 31.9 Å². The van der Waals surface area contributed by atoms with Gasteiger partial charge in [-0.25, -0.2) is 0 Å². The molecule has 98 valence electrons. The molecule has 4 nitrogen and oxygen atoms in total. The van der Waals surface area contributed by atoms with E-state index >= 15 is 0 Å². The highest BCUT2D eigenvalue weighted by molar-refractivity contribution is 9.09. The zero-order valence-electron chi connectivity index (χ0n) is 9.28. The third-order valence-electron chi connectivity index (χ3n) is 1.87. The topological polar surface area (TPSA) is 58.9 Å². The summed E-state index contributed by atoms with van der Waals surface area (Å²) >= 11 is 6.56. The van der Waals surface area contributed by atoms with Crippen LogP contribution < -0.4 is 0 Å². The Morgan fingerprint density at radius 1 is 0.812 bits per heavy atom. The largest absolute Gasteiger partial charge is 0.388 e. The van der Waals surface area contributed by atoms with Crippen molar-refractivity contribution in [2.24, 2.45) is 0 Å². The van der Waals surface area contributed by atoms with E-state index in [1.165, 1.54) is 0 Å². The molecule has 0 saturated carbocycles. The Bertz CT molecular complexity index is 133. The maximum Gasteiger partial charge on any atom is 0.105 e. The SMILES string of the molecule is OC(COCCCBr)C(O)COCCCBr. The quantitative estimate of drug-likeness (QED) is 0.429. The first-order valence-electron chi connectivity index (χ1n) is 5.36. The van der Waals surface area contributed by atoms with Crippen LogP contribution in [-0.4, -0.2) is 59.5 Å². The monoisotopic (exact) mass is 362 g/mol. The molecule has 0 spiro atoms. The Kier molecular flexibility index (Phi) is 12.9. The van der Waals surface area contributed by atoms with Gasteiger partial charge < -0.3 is 19.7 Å². The summed E-state index contributed by atoms with van der Waals surface area (Å²) < 4.78 is 10.4. The smallest absolute Gasteiger partial charge is 0.105 e. The fraction of sp³-hybridized carbons (Fsp3) is 1.00. The van der Waals surface area contributed by atoms with Gasteiger partial charge in [-0.1, -0.05) is 31.9 Å². The van der Waals surface area contributed by atoms with E-state index in [2.05, 4.69) is 31.9 Å². The number of hydrogen-bond donors (Lipinski definition) is 2. The highest BCUT2D eigenvalue weighted by Gasteiger charge is 2.16. The molecule has 0 rings (SSSR count). The van der Waals surface area contributed by atoms with Crippen molar-refractivity contribution < 1.29 is 19.7 Å². The van der Waals surface area contributed by atoms with Gasteiger partial charge in [0.2, 0.25) is 0 Å². The second-order valence-corrected chi connectivity index (χ2v) is 4.96. The van der Waals surface area contributed by atoms with Crippen molar-refractivity contribution in [3.8, 4) is 0 Å². The Balaban J connectivity index is 3.38. The minimum Gasteiger partial charge on any atom is -0.388 e.